The van der Waals surface area contributed by atoms with Crippen LogP contribution in [-0.2, 0) is 12.8 Å². The van der Waals surface area contributed by atoms with Crippen molar-refractivity contribution < 1.29 is 0 Å². The van der Waals surface area contributed by atoms with E-state index < -0.39 is 0 Å². The second kappa shape index (κ2) is 2.38. The van der Waals surface area contributed by atoms with Crippen molar-refractivity contribution in [2.45, 2.75) is 24.1 Å². The molecule has 2 rings (SSSR count). The SMILES string of the molecule is Br[C@@H]1CCc2[nH]ncc2C1. The third kappa shape index (κ3) is 0.985. The summed E-state index contributed by atoms with van der Waals surface area (Å²) in [6.45, 7) is 0. The van der Waals surface area contributed by atoms with Crippen LogP contribution in [0.4, 0.5) is 0 Å². The lowest BCUT2D eigenvalue weighted by Gasteiger charge is -2.14. The Kier molecular flexibility index (Phi) is 1.52. The number of halogens is 1. The highest BCUT2D eigenvalue weighted by Crippen LogP contribution is 2.23. The van der Waals surface area contributed by atoms with Gasteiger partial charge in [-0.05, 0) is 24.8 Å². The maximum absolute atomic E-state index is 3.99. The van der Waals surface area contributed by atoms with Crippen molar-refractivity contribution in [1.82, 2.24) is 10.2 Å². The zero-order valence-corrected chi connectivity index (χ0v) is 7.19. The van der Waals surface area contributed by atoms with Crippen LogP contribution in [0.25, 0.3) is 0 Å². The Labute approximate surface area is 68.2 Å². The van der Waals surface area contributed by atoms with E-state index in [4.69, 9.17) is 0 Å². The fourth-order valence-corrected chi connectivity index (χ4v) is 1.95. The second-order valence-electron chi connectivity index (χ2n) is 2.71. The van der Waals surface area contributed by atoms with Gasteiger partial charge >= 0.3 is 0 Å². The van der Waals surface area contributed by atoms with Gasteiger partial charge in [0.25, 0.3) is 0 Å². The summed E-state index contributed by atoms with van der Waals surface area (Å²) in [5, 5.41) is 7.00. The first-order valence-corrected chi connectivity index (χ1v) is 4.43. The van der Waals surface area contributed by atoms with E-state index in [1.807, 2.05) is 6.20 Å². The van der Waals surface area contributed by atoms with Gasteiger partial charge in [0.2, 0.25) is 0 Å². The summed E-state index contributed by atoms with van der Waals surface area (Å²) < 4.78 is 0. The topological polar surface area (TPSA) is 28.7 Å². The molecule has 1 aliphatic carbocycles. The van der Waals surface area contributed by atoms with E-state index in [2.05, 4.69) is 26.1 Å². The number of nitrogens with one attached hydrogen (secondary N) is 1. The molecule has 10 heavy (non-hydrogen) atoms. The zero-order chi connectivity index (χ0) is 6.97. The third-order valence-electron chi connectivity index (χ3n) is 1.96. The minimum absolute atomic E-state index is 0.664. The minimum Gasteiger partial charge on any atom is -0.282 e. The average Bonchev–Trinajstić information content (AvgIpc) is 2.33. The zero-order valence-electron chi connectivity index (χ0n) is 5.60. The van der Waals surface area contributed by atoms with Crippen LogP contribution >= 0.6 is 15.9 Å². The Hall–Kier alpha value is -0.310. The van der Waals surface area contributed by atoms with Gasteiger partial charge in [0.1, 0.15) is 0 Å². The highest BCUT2D eigenvalue weighted by molar-refractivity contribution is 9.09. The Balaban J connectivity index is 2.30. The van der Waals surface area contributed by atoms with Crippen molar-refractivity contribution in [3.05, 3.63) is 17.5 Å². The highest BCUT2D eigenvalue weighted by Gasteiger charge is 2.16. The molecule has 3 heteroatoms. The summed E-state index contributed by atoms with van der Waals surface area (Å²) in [4.78, 5) is 0.664. The van der Waals surface area contributed by atoms with Crippen LogP contribution in [0.2, 0.25) is 0 Å². The van der Waals surface area contributed by atoms with Gasteiger partial charge < -0.3 is 0 Å². The number of hydrogen-bond donors (Lipinski definition) is 1. The van der Waals surface area contributed by atoms with Crippen molar-refractivity contribution in [2.75, 3.05) is 0 Å². The molecule has 1 heterocycles. The Morgan fingerprint density at radius 1 is 1.70 bits per heavy atom. The molecule has 0 bridgehead atoms. The van der Waals surface area contributed by atoms with Gasteiger partial charge in [0, 0.05) is 10.5 Å². The Morgan fingerprint density at radius 3 is 3.50 bits per heavy atom. The van der Waals surface area contributed by atoms with Crippen molar-refractivity contribution in [2.24, 2.45) is 0 Å². The van der Waals surface area contributed by atoms with Crippen LogP contribution in [-0.4, -0.2) is 15.0 Å². The van der Waals surface area contributed by atoms with E-state index in [1.165, 1.54) is 17.7 Å². The van der Waals surface area contributed by atoms with Gasteiger partial charge in [-0.2, -0.15) is 5.10 Å². The van der Waals surface area contributed by atoms with Gasteiger partial charge in [-0.25, -0.2) is 0 Å². The third-order valence-corrected chi connectivity index (χ3v) is 2.74. The van der Waals surface area contributed by atoms with Crippen molar-refractivity contribution >= 4 is 15.9 Å². The lowest BCUT2D eigenvalue weighted by molar-refractivity contribution is 0.699. The molecule has 54 valence electrons. The number of alkyl halides is 1. The second-order valence-corrected chi connectivity index (χ2v) is 4.01. The van der Waals surface area contributed by atoms with Crippen molar-refractivity contribution in [3.63, 3.8) is 0 Å². The summed E-state index contributed by atoms with van der Waals surface area (Å²) >= 11 is 3.60. The normalized spacial score (nSPS) is 24.3. The van der Waals surface area contributed by atoms with Crippen molar-refractivity contribution in [1.29, 1.82) is 0 Å². The molecule has 1 aromatic rings. The number of nitrogens with zero attached hydrogens (tertiary/aromatic N) is 1. The van der Waals surface area contributed by atoms with Crippen LogP contribution in [0.15, 0.2) is 6.20 Å². The molecule has 0 saturated heterocycles. The molecule has 0 radical (unpaired) electrons. The molecular formula is C7H9BrN2. The number of aromatic nitrogens is 2. The number of rotatable bonds is 0. The molecule has 2 nitrogen and oxygen atoms in total. The smallest absolute Gasteiger partial charge is 0.0522 e. The van der Waals surface area contributed by atoms with E-state index in [0.717, 1.165) is 12.8 Å². The monoisotopic (exact) mass is 200 g/mol. The minimum atomic E-state index is 0.664. The summed E-state index contributed by atoms with van der Waals surface area (Å²) in [7, 11) is 0. The summed E-state index contributed by atoms with van der Waals surface area (Å²) in [5.74, 6) is 0. The summed E-state index contributed by atoms with van der Waals surface area (Å²) in [5.41, 5.74) is 2.71. The first-order valence-electron chi connectivity index (χ1n) is 3.51. The maximum Gasteiger partial charge on any atom is 0.0522 e. The first kappa shape index (κ1) is 6.40. The van der Waals surface area contributed by atoms with Gasteiger partial charge in [-0.3, -0.25) is 5.10 Å². The molecule has 0 spiro atoms. The van der Waals surface area contributed by atoms with E-state index in [-0.39, 0.29) is 0 Å². The van der Waals surface area contributed by atoms with Gasteiger partial charge in [-0.15, -0.1) is 0 Å². The summed E-state index contributed by atoms with van der Waals surface area (Å²) in [6, 6.07) is 0. The molecule has 0 aromatic carbocycles. The van der Waals surface area contributed by atoms with Crippen LogP contribution < -0.4 is 0 Å². The van der Waals surface area contributed by atoms with E-state index >= 15 is 0 Å². The molecule has 0 saturated carbocycles. The summed E-state index contributed by atoms with van der Waals surface area (Å²) in [6.07, 6.45) is 5.44. The molecular weight excluding hydrogens is 192 g/mol. The molecule has 1 aromatic heterocycles. The fraction of sp³-hybridized carbons (Fsp3) is 0.571. The van der Waals surface area contributed by atoms with Crippen LogP contribution in [0, 0.1) is 0 Å². The van der Waals surface area contributed by atoms with Gasteiger partial charge in [0.05, 0.1) is 6.20 Å². The highest BCUT2D eigenvalue weighted by atomic mass is 79.9. The molecule has 1 aliphatic rings. The van der Waals surface area contributed by atoms with Gasteiger partial charge in [-0.1, -0.05) is 15.9 Å². The number of fused-ring (bicyclic) bond motifs is 1. The quantitative estimate of drug-likeness (QED) is 0.635. The Morgan fingerprint density at radius 2 is 2.60 bits per heavy atom. The van der Waals surface area contributed by atoms with Gasteiger partial charge in [0.15, 0.2) is 0 Å². The number of aromatic amines is 1. The van der Waals surface area contributed by atoms with E-state index in [0.29, 0.717) is 4.83 Å². The molecule has 0 unspecified atom stereocenters. The van der Waals surface area contributed by atoms with Crippen molar-refractivity contribution in [3.8, 4) is 0 Å². The lowest BCUT2D eigenvalue weighted by Crippen LogP contribution is -2.11. The largest absolute Gasteiger partial charge is 0.282 e. The van der Waals surface area contributed by atoms with Crippen LogP contribution in [0.3, 0.4) is 0 Å². The molecule has 0 fully saturated rings. The first-order chi connectivity index (χ1) is 4.86. The van der Waals surface area contributed by atoms with Crippen LogP contribution in [0.5, 0.6) is 0 Å². The number of H-pyrrole nitrogens is 1. The Bertz CT molecular complexity index is 231. The maximum atomic E-state index is 3.99. The predicted molar refractivity (Wildman–Crippen MR) is 43.3 cm³/mol. The lowest BCUT2D eigenvalue weighted by atomic mass is 9.98. The standard InChI is InChI=1S/C7H9BrN2/c8-6-1-2-7-5(3-6)4-9-10-7/h4,6H,1-3H2,(H,9,10)/t6-/m1/s1. The molecule has 1 atom stereocenters. The van der Waals surface area contributed by atoms with Crippen LogP contribution in [0.1, 0.15) is 17.7 Å². The average molecular weight is 201 g/mol. The van der Waals surface area contributed by atoms with E-state index in [9.17, 15) is 0 Å². The number of hydrogen-bond acceptors (Lipinski definition) is 1. The molecule has 1 N–H and O–H groups in total. The molecule has 0 aliphatic heterocycles. The van der Waals surface area contributed by atoms with E-state index in [1.54, 1.807) is 0 Å². The fourth-order valence-electron chi connectivity index (χ4n) is 1.37. The predicted octanol–water partition coefficient (Wildman–Crippen LogP) is 1.66. The molecule has 0 amide bonds. The number of aryl methyl sites for hydroxylation is 1.